The fraction of sp³-hybridized carbons (Fsp3) is 0.783. The molecule has 0 amide bonds. The Labute approximate surface area is 170 Å². The Hall–Kier alpha value is -1.56. The van der Waals surface area contributed by atoms with E-state index < -0.39 is 23.2 Å². The Morgan fingerprint density at radius 2 is 1.97 bits per heavy atom. The van der Waals surface area contributed by atoms with Crippen LogP contribution in [0.25, 0.3) is 0 Å². The monoisotopic (exact) mass is 404 g/mol. The minimum atomic E-state index is -1.26. The molecule has 9 atom stereocenters. The quantitative estimate of drug-likeness (QED) is 0.521. The Kier molecular flexibility index (Phi) is 3.86. The molecule has 1 saturated heterocycles. The maximum Gasteiger partial charge on any atom is 0.303 e. The van der Waals surface area contributed by atoms with Gasteiger partial charge in [0.15, 0.2) is 17.2 Å². The van der Waals surface area contributed by atoms with E-state index in [1.807, 2.05) is 6.92 Å². The predicted molar refractivity (Wildman–Crippen MR) is 102 cm³/mol. The van der Waals surface area contributed by atoms with E-state index in [4.69, 9.17) is 9.47 Å². The smallest absolute Gasteiger partial charge is 0.303 e. The predicted octanol–water partition coefficient (Wildman–Crippen LogP) is 3.34. The number of esters is 1. The molecule has 5 aliphatic rings. The number of hydrogen-bond donors (Lipinski definition) is 0. The molecule has 4 aliphatic carbocycles. The fourth-order valence-electron chi connectivity index (χ4n) is 7.91. The number of halogens is 1. The van der Waals surface area contributed by atoms with E-state index in [-0.39, 0.29) is 53.4 Å². The molecule has 3 saturated carbocycles. The summed E-state index contributed by atoms with van der Waals surface area (Å²) in [7, 11) is 0. The highest BCUT2D eigenvalue weighted by Gasteiger charge is 2.75. The molecular weight excluding hydrogens is 375 g/mol. The van der Waals surface area contributed by atoms with E-state index in [1.165, 1.54) is 13.8 Å². The van der Waals surface area contributed by atoms with Crippen molar-refractivity contribution in [3.63, 3.8) is 0 Å². The number of alkyl halides is 1. The van der Waals surface area contributed by atoms with Crippen molar-refractivity contribution in [3.05, 3.63) is 11.6 Å². The number of ether oxygens (including phenoxy) is 2. The minimum absolute atomic E-state index is 0.0270. The summed E-state index contributed by atoms with van der Waals surface area (Å²) in [4.78, 5) is 36.7. The maximum atomic E-state index is 16.0. The van der Waals surface area contributed by atoms with Gasteiger partial charge < -0.3 is 9.47 Å². The summed E-state index contributed by atoms with van der Waals surface area (Å²) >= 11 is 0. The summed E-state index contributed by atoms with van der Waals surface area (Å²) in [5, 5.41) is 0. The van der Waals surface area contributed by atoms with Crippen LogP contribution in [0.4, 0.5) is 4.39 Å². The first-order valence-electron chi connectivity index (χ1n) is 10.8. The SMILES string of the molecule is CC(=O)O[C@]1(C(C)=O)CC[C@H]2[C@@H]3[C@@H]4O[C@@H]4C4=CC(=O)CC[C@]4(C)[C@H]3[C@@H](F)C[C@@]21C. The molecule has 1 heterocycles. The van der Waals surface area contributed by atoms with Crippen molar-refractivity contribution in [2.75, 3.05) is 0 Å². The number of carbonyl (C=O) groups excluding carboxylic acids is 3. The molecule has 0 aromatic carbocycles. The van der Waals surface area contributed by atoms with Crippen LogP contribution in [0.1, 0.15) is 59.8 Å². The molecular formula is C23H29FO5. The molecule has 158 valence electrons. The highest BCUT2D eigenvalue weighted by Crippen LogP contribution is 2.71. The number of epoxide rings is 1. The van der Waals surface area contributed by atoms with Crippen molar-refractivity contribution in [1.82, 2.24) is 0 Å². The fourth-order valence-corrected chi connectivity index (χ4v) is 7.91. The van der Waals surface area contributed by atoms with Gasteiger partial charge >= 0.3 is 5.97 Å². The number of fused-ring (bicyclic) bond motifs is 8. The first-order valence-corrected chi connectivity index (χ1v) is 10.8. The Morgan fingerprint density at radius 3 is 2.62 bits per heavy atom. The molecule has 0 bridgehead atoms. The van der Waals surface area contributed by atoms with Crippen LogP contribution in [-0.4, -0.2) is 41.5 Å². The number of carbonyl (C=O) groups is 3. The molecule has 0 radical (unpaired) electrons. The molecule has 0 aromatic heterocycles. The first kappa shape index (κ1) is 19.4. The number of Topliss-reactive ketones (excluding diaryl/α,β-unsaturated/α-hetero) is 1. The van der Waals surface area contributed by atoms with E-state index in [0.717, 1.165) is 12.0 Å². The Morgan fingerprint density at radius 1 is 1.24 bits per heavy atom. The summed E-state index contributed by atoms with van der Waals surface area (Å²) in [5.74, 6) is -0.791. The van der Waals surface area contributed by atoms with Crippen molar-refractivity contribution in [2.24, 2.45) is 28.6 Å². The summed E-state index contributed by atoms with van der Waals surface area (Å²) in [6, 6.07) is 0. The van der Waals surface area contributed by atoms with Crippen LogP contribution in [0, 0.1) is 28.6 Å². The van der Waals surface area contributed by atoms with Crippen LogP contribution in [0.15, 0.2) is 11.6 Å². The Bertz CT molecular complexity index is 850. The zero-order valence-corrected chi connectivity index (χ0v) is 17.5. The van der Waals surface area contributed by atoms with Crippen molar-refractivity contribution >= 4 is 17.5 Å². The normalized spacial score (nSPS) is 52.4. The standard InChI is InChI=1S/C23H29FO5/c1-11(25)23(29-12(2)26)8-6-14-17-18(16(24)10-22(14,23)4)21(3)7-5-13(27)9-15(21)19-20(17)28-19/h9,14,16-20H,5-8,10H2,1-4H3/t14-,16-,17-,18-,19+,20-,21-,22-,23-/m0/s1. The molecule has 29 heavy (non-hydrogen) atoms. The molecule has 5 rings (SSSR count). The number of ketones is 2. The van der Waals surface area contributed by atoms with Gasteiger partial charge in [-0.1, -0.05) is 13.8 Å². The lowest BCUT2D eigenvalue weighted by Crippen LogP contribution is -2.63. The summed E-state index contributed by atoms with van der Waals surface area (Å²) in [5.41, 5.74) is -1.42. The van der Waals surface area contributed by atoms with E-state index in [0.29, 0.717) is 19.3 Å². The Balaban J connectivity index is 1.60. The largest absolute Gasteiger partial charge is 0.451 e. The molecule has 6 heteroatoms. The number of hydrogen-bond acceptors (Lipinski definition) is 5. The molecule has 5 nitrogen and oxygen atoms in total. The van der Waals surface area contributed by atoms with Gasteiger partial charge in [-0.25, -0.2) is 4.39 Å². The summed E-state index contributed by atoms with van der Waals surface area (Å²) in [6.45, 7) is 6.81. The highest BCUT2D eigenvalue weighted by atomic mass is 19.1. The average molecular weight is 404 g/mol. The minimum Gasteiger partial charge on any atom is -0.451 e. The van der Waals surface area contributed by atoms with Crippen LogP contribution >= 0.6 is 0 Å². The van der Waals surface area contributed by atoms with Gasteiger partial charge in [0.1, 0.15) is 12.3 Å². The molecule has 0 unspecified atom stereocenters. The molecule has 1 aliphatic heterocycles. The summed E-state index contributed by atoms with van der Waals surface area (Å²) < 4.78 is 27.8. The zero-order chi connectivity index (χ0) is 20.9. The lowest BCUT2D eigenvalue weighted by molar-refractivity contribution is -0.193. The molecule has 4 fully saturated rings. The second-order valence-corrected chi connectivity index (χ2v) is 10.4. The third-order valence-corrected chi connectivity index (χ3v) is 9.14. The van der Waals surface area contributed by atoms with Crippen LogP contribution in [0.5, 0.6) is 0 Å². The molecule has 0 aromatic rings. The molecule has 0 spiro atoms. The van der Waals surface area contributed by atoms with Crippen LogP contribution in [0.2, 0.25) is 0 Å². The zero-order valence-electron chi connectivity index (χ0n) is 17.5. The third-order valence-electron chi connectivity index (χ3n) is 9.14. The highest BCUT2D eigenvalue weighted by molar-refractivity contribution is 5.92. The lowest BCUT2D eigenvalue weighted by Gasteiger charge is -2.58. The van der Waals surface area contributed by atoms with Crippen LogP contribution in [0.3, 0.4) is 0 Å². The van der Waals surface area contributed by atoms with E-state index in [2.05, 4.69) is 6.92 Å². The topological polar surface area (TPSA) is 73.0 Å². The number of rotatable bonds is 2. The van der Waals surface area contributed by atoms with Gasteiger partial charge in [0.2, 0.25) is 0 Å². The molecule has 0 N–H and O–H groups in total. The van der Waals surface area contributed by atoms with Crippen molar-refractivity contribution < 1.29 is 28.2 Å². The van der Waals surface area contributed by atoms with E-state index in [9.17, 15) is 14.4 Å². The third kappa shape index (κ3) is 2.27. The van der Waals surface area contributed by atoms with Gasteiger partial charge in [-0.2, -0.15) is 0 Å². The van der Waals surface area contributed by atoms with Gasteiger partial charge in [-0.3, -0.25) is 14.4 Å². The first-order chi connectivity index (χ1) is 13.5. The van der Waals surface area contributed by atoms with E-state index in [1.54, 1.807) is 6.08 Å². The average Bonchev–Trinajstić information content (AvgIpc) is 3.35. The van der Waals surface area contributed by atoms with E-state index >= 15 is 4.39 Å². The van der Waals surface area contributed by atoms with Crippen molar-refractivity contribution in [1.29, 1.82) is 0 Å². The van der Waals surface area contributed by atoms with Gasteiger partial charge in [0, 0.05) is 24.7 Å². The summed E-state index contributed by atoms with van der Waals surface area (Å²) in [6.07, 6.45) is 2.80. The van der Waals surface area contributed by atoms with Gasteiger partial charge in [-0.05, 0) is 61.5 Å². The second-order valence-electron chi connectivity index (χ2n) is 10.4. The van der Waals surface area contributed by atoms with Crippen LogP contribution < -0.4 is 0 Å². The second kappa shape index (κ2) is 5.77. The lowest BCUT2D eigenvalue weighted by atomic mass is 9.45. The van der Waals surface area contributed by atoms with Gasteiger partial charge in [0.05, 0.1) is 6.10 Å². The maximum absolute atomic E-state index is 16.0. The van der Waals surface area contributed by atoms with Crippen molar-refractivity contribution in [3.8, 4) is 0 Å². The van der Waals surface area contributed by atoms with Gasteiger partial charge in [-0.15, -0.1) is 0 Å². The van der Waals surface area contributed by atoms with Gasteiger partial charge in [0.25, 0.3) is 0 Å². The van der Waals surface area contributed by atoms with Crippen molar-refractivity contribution in [2.45, 2.75) is 83.8 Å². The van der Waals surface area contributed by atoms with Crippen LogP contribution in [-0.2, 0) is 23.9 Å².